The number of rotatable bonds is 2. The summed E-state index contributed by atoms with van der Waals surface area (Å²) >= 11 is 0. The minimum Gasteiger partial charge on any atom is -0.299 e. The third kappa shape index (κ3) is 2.34. The van der Waals surface area contributed by atoms with Gasteiger partial charge in [0.05, 0.1) is 0 Å². The molecule has 0 N–H and O–H groups in total. The summed E-state index contributed by atoms with van der Waals surface area (Å²) < 4.78 is 0. The van der Waals surface area contributed by atoms with Crippen LogP contribution in [0.4, 0.5) is 0 Å². The Morgan fingerprint density at radius 3 is 2.71 bits per heavy atom. The zero-order valence-electron chi connectivity index (χ0n) is 11.7. The summed E-state index contributed by atoms with van der Waals surface area (Å²) in [5, 5.41) is 0. The van der Waals surface area contributed by atoms with Crippen molar-refractivity contribution < 1.29 is 4.79 Å². The van der Waals surface area contributed by atoms with Gasteiger partial charge >= 0.3 is 0 Å². The van der Waals surface area contributed by atoms with Crippen LogP contribution in [0.2, 0.25) is 0 Å². The Morgan fingerprint density at radius 2 is 2.06 bits per heavy atom. The van der Waals surface area contributed by atoms with Gasteiger partial charge in [-0.1, -0.05) is 39.8 Å². The first-order valence-electron chi connectivity index (χ1n) is 7.15. The predicted molar refractivity (Wildman–Crippen MR) is 71.7 cm³/mol. The second-order valence-electron chi connectivity index (χ2n) is 6.77. The molecule has 0 bridgehead atoms. The standard InChI is InChI=1S/C16H26O/c1-5-15(17)13-10-12-7-6-8-16(3,4)14(12)9-11(13)2/h6-7,11-14H,5,8-10H2,1-4H3. The molecule has 1 heteroatoms. The van der Waals surface area contributed by atoms with Gasteiger partial charge in [-0.15, -0.1) is 0 Å². The zero-order chi connectivity index (χ0) is 12.6. The molecule has 0 aliphatic heterocycles. The van der Waals surface area contributed by atoms with Gasteiger partial charge < -0.3 is 0 Å². The van der Waals surface area contributed by atoms with Crippen molar-refractivity contribution in [1.29, 1.82) is 0 Å². The lowest BCUT2D eigenvalue weighted by Crippen LogP contribution is -2.41. The van der Waals surface area contributed by atoms with Gasteiger partial charge in [0.25, 0.3) is 0 Å². The van der Waals surface area contributed by atoms with E-state index in [0.29, 0.717) is 35.4 Å². The molecule has 0 aromatic carbocycles. The molecule has 17 heavy (non-hydrogen) atoms. The summed E-state index contributed by atoms with van der Waals surface area (Å²) in [6.45, 7) is 9.07. The number of ketones is 1. The molecule has 0 spiro atoms. The van der Waals surface area contributed by atoms with Crippen molar-refractivity contribution in [2.75, 3.05) is 0 Å². The number of hydrogen-bond acceptors (Lipinski definition) is 1. The van der Waals surface area contributed by atoms with E-state index < -0.39 is 0 Å². The molecule has 1 fully saturated rings. The smallest absolute Gasteiger partial charge is 0.135 e. The molecule has 0 amide bonds. The Labute approximate surface area is 106 Å². The Hall–Kier alpha value is -0.590. The molecule has 0 heterocycles. The van der Waals surface area contributed by atoms with Crippen molar-refractivity contribution >= 4 is 5.78 Å². The van der Waals surface area contributed by atoms with Crippen LogP contribution < -0.4 is 0 Å². The number of allylic oxidation sites excluding steroid dienone is 2. The van der Waals surface area contributed by atoms with Gasteiger partial charge in [-0.25, -0.2) is 0 Å². The van der Waals surface area contributed by atoms with Crippen LogP contribution in [0.1, 0.15) is 53.4 Å². The quantitative estimate of drug-likeness (QED) is 0.653. The molecule has 2 rings (SSSR count). The number of carbonyl (C=O) groups is 1. The average Bonchev–Trinajstić information content (AvgIpc) is 2.28. The minimum absolute atomic E-state index is 0.319. The fourth-order valence-corrected chi connectivity index (χ4v) is 3.95. The fraction of sp³-hybridized carbons (Fsp3) is 0.812. The maximum atomic E-state index is 12.0. The van der Waals surface area contributed by atoms with Crippen molar-refractivity contribution in [2.24, 2.45) is 29.1 Å². The largest absolute Gasteiger partial charge is 0.299 e. The fourth-order valence-electron chi connectivity index (χ4n) is 3.95. The van der Waals surface area contributed by atoms with Crippen molar-refractivity contribution in [2.45, 2.75) is 53.4 Å². The van der Waals surface area contributed by atoms with Crippen molar-refractivity contribution in [3.05, 3.63) is 12.2 Å². The first-order valence-corrected chi connectivity index (χ1v) is 7.15. The summed E-state index contributed by atoms with van der Waals surface area (Å²) in [5.41, 5.74) is 0.425. The van der Waals surface area contributed by atoms with E-state index in [0.717, 1.165) is 12.3 Å². The predicted octanol–water partition coefficient (Wildman–Crippen LogP) is 4.23. The molecule has 0 aromatic heterocycles. The van der Waals surface area contributed by atoms with Crippen molar-refractivity contribution in [3.63, 3.8) is 0 Å². The first kappa shape index (κ1) is 12.9. The normalized spacial score (nSPS) is 39.8. The van der Waals surface area contributed by atoms with Crippen molar-refractivity contribution in [1.82, 2.24) is 0 Å². The molecule has 4 atom stereocenters. The van der Waals surface area contributed by atoms with Gasteiger partial charge in [-0.05, 0) is 42.4 Å². The lowest BCUT2D eigenvalue weighted by Gasteiger charge is -2.48. The molecule has 0 radical (unpaired) electrons. The molecule has 4 unspecified atom stereocenters. The van der Waals surface area contributed by atoms with Crippen LogP contribution in [-0.2, 0) is 4.79 Å². The zero-order valence-corrected chi connectivity index (χ0v) is 11.7. The highest BCUT2D eigenvalue weighted by atomic mass is 16.1. The summed E-state index contributed by atoms with van der Waals surface area (Å²) in [6, 6.07) is 0. The summed E-state index contributed by atoms with van der Waals surface area (Å²) in [7, 11) is 0. The Bertz CT molecular complexity index is 326. The summed E-state index contributed by atoms with van der Waals surface area (Å²) in [4.78, 5) is 12.0. The van der Waals surface area contributed by atoms with E-state index in [1.165, 1.54) is 12.8 Å². The molecule has 96 valence electrons. The molecule has 0 saturated heterocycles. The van der Waals surface area contributed by atoms with E-state index in [1.807, 2.05) is 6.92 Å². The lowest BCUT2D eigenvalue weighted by molar-refractivity contribution is -0.127. The number of hydrogen-bond donors (Lipinski definition) is 0. The van der Waals surface area contributed by atoms with Gasteiger partial charge in [0.2, 0.25) is 0 Å². The average molecular weight is 234 g/mol. The molecular formula is C16H26O. The van der Waals surface area contributed by atoms with E-state index in [-0.39, 0.29) is 0 Å². The number of carbonyl (C=O) groups excluding carboxylic acids is 1. The SMILES string of the molecule is CCC(=O)C1CC2C=CCC(C)(C)C2CC1C. The molecule has 0 aromatic rings. The maximum absolute atomic E-state index is 12.0. The van der Waals surface area contributed by atoms with Gasteiger partial charge in [0.15, 0.2) is 0 Å². The van der Waals surface area contributed by atoms with Crippen LogP contribution in [0.25, 0.3) is 0 Å². The second-order valence-corrected chi connectivity index (χ2v) is 6.77. The highest BCUT2D eigenvalue weighted by Crippen LogP contribution is 2.51. The van der Waals surface area contributed by atoms with Crippen LogP contribution in [0.3, 0.4) is 0 Å². The van der Waals surface area contributed by atoms with Crippen LogP contribution >= 0.6 is 0 Å². The Morgan fingerprint density at radius 1 is 1.35 bits per heavy atom. The maximum Gasteiger partial charge on any atom is 0.135 e. The molecule has 1 nitrogen and oxygen atoms in total. The van der Waals surface area contributed by atoms with E-state index in [4.69, 9.17) is 0 Å². The monoisotopic (exact) mass is 234 g/mol. The van der Waals surface area contributed by atoms with E-state index in [1.54, 1.807) is 0 Å². The molecule has 2 aliphatic rings. The van der Waals surface area contributed by atoms with Gasteiger partial charge in [-0.2, -0.15) is 0 Å². The lowest BCUT2D eigenvalue weighted by atomic mass is 9.56. The topological polar surface area (TPSA) is 17.1 Å². The molecule has 1 saturated carbocycles. The summed E-state index contributed by atoms with van der Waals surface area (Å²) in [5.74, 6) is 2.81. The number of Topliss-reactive ketones (excluding diaryl/α,β-unsaturated/α-hetero) is 1. The number of fused-ring (bicyclic) bond motifs is 1. The van der Waals surface area contributed by atoms with E-state index in [9.17, 15) is 4.79 Å². The van der Waals surface area contributed by atoms with E-state index in [2.05, 4.69) is 32.9 Å². The first-order chi connectivity index (χ1) is 7.95. The van der Waals surface area contributed by atoms with Gasteiger partial charge in [-0.3, -0.25) is 4.79 Å². The van der Waals surface area contributed by atoms with Gasteiger partial charge in [0.1, 0.15) is 5.78 Å². The van der Waals surface area contributed by atoms with Crippen LogP contribution in [0, 0.1) is 29.1 Å². The van der Waals surface area contributed by atoms with Crippen LogP contribution in [0.15, 0.2) is 12.2 Å². The van der Waals surface area contributed by atoms with Crippen LogP contribution in [0.5, 0.6) is 0 Å². The van der Waals surface area contributed by atoms with E-state index >= 15 is 0 Å². The highest BCUT2D eigenvalue weighted by molar-refractivity contribution is 5.81. The molecular weight excluding hydrogens is 208 g/mol. The highest BCUT2D eigenvalue weighted by Gasteiger charge is 2.44. The third-order valence-corrected chi connectivity index (χ3v) is 5.15. The summed E-state index contributed by atoms with van der Waals surface area (Å²) in [6.07, 6.45) is 8.96. The third-order valence-electron chi connectivity index (χ3n) is 5.15. The van der Waals surface area contributed by atoms with Crippen LogP contribution in [-0.4, -0.2) is 5.78 Å². The van der Waals surface area contributed by atoms with Crippen molar-refractivity contribution in [3.8, 4) is 0 Å². The van der Waals surface area contributed by atoms with Gasteiger partial charge in [0, 0.05) is 12.3 Å². The Balaban J connectivity index is 2.17. The second kappa shape index (κ2) is 4.59. The Kier molecular flexibility index (Phi) is 3.47. The molecule has 2 aliphatic carbocycles. The minimum atomic E-state index is 0.319.